The monoisotopic (exact) mass is 276 g/mol. The number of benzene rings is 1. The number of carboxylic acids is 1. The molecule has 0 spiro atoms. The van der Waals surface area contributed by atoms with Crippen molar-refractivity contribution in [3.05, 3.63) is 30.3 Å². The zero-order valence-corrected chi connectivity index (χ0v) is 11.6. The van der Waals surface area contributed by atoms with Gasteiger partial charge in [0, 0.05) is 18.7 Å². The molecule has 0 radical (unpaired) electrons. The number of carbonyl (C=O) groups excluding carboxylic acids is 1. The maximum Gasteiger partial charge on any atom is 0.323 e. The summed E-state index contributed by atoms with van der Waals surface area (Å²) in [6.45, 7) is 2.94. The molecule has 1 aromatic rings. The summed E-state index contributed by atoms with van der Waals surface area (Å²) in [6.07, 6.45) is 1.81. The van der Waals surface area contributed by atoms with Crippen molar-refractivity contribution in [1.82, 2.24) is 4.90 Å². The third-order valence-electron chi connectivity index (χ3n) is 3.92. The second-order valence-electron chi connectivity index (χ2n) is 5.33. The van der Waals surface area contributed by atoms with Gasteiger partial charge in [-0.25, -0.2) is 0 Å². The van der Waals surface area contributed by atoms with Gasteiger partial charge in [0.1, 0.15) is 5.54 Å². The molecular weight excluding hydrogens is 256 g/mol. The minimum absolute atomic E-state index is 0.0872. The number of rotatable bonds is 5. The summed E-state index contributed by atoms with van der Waals surface area (Å²) in [4.78, 5) is 25.1. The topological polar surface area (TPSA) is 69.6 Å². The first-order valence-corrected chi connectivity index (χ1v) is 6.86. The molecule has 0 aromatic heterocycles. The lowest BCUT2D eigenvalue weighted by atomic mass is 9.99. The summed E-state index contributed by atoms with van der Waals surface area (Å²) < 4.78 is 0. The molecule has 0 saturated carbocycles. The number of nitrogens with one attached hydrogen (secondary N) is 1. The second-order valence-corrected chi connectivity index (χ2v) is 5.33. The van der Waals surface area contributed by atoms with Crippen LogP contribution in [0.2, 0.25) is 0 Å². The molecule has 1 heterocycles. The van der Waals surface area contributed by atoms with Crippen LogP contribution in [0.5, 0.6) is 0 Å². The normalized spacial score (nSPS) is 22.6. The molecule has 20 heavy (non-hydrogen) atoms. The van der Waals surface area contributed by atoms with Crippen LogP contribution in [0.3, 0.4) is 0 Å². The quantitative estimate of drug-likeness (QED) is 0.862. The maximum atomic E-state index is 11.9. The summed E-state index contributed by atoms with van der Waals surface area (Å²) in [7, 11) is 0. The zero-order chi connectivity index (χ0) is 14.6. The Kier molecular flexibility index (Phi) is 4.39. The minimum Gasteiger partial charge on any atom is -0.480 e. The molecule has 0 aliphatic carbocycles. The summed E-state index contributed by atoms with van der Waals surface area (Å²) >= 11 is 0. The summed E-state index contributed by atoms with van der Waals surface area (Å²) in [5, 5.41) is 12.1. The van der Waals surface area contributed by atoms with Crippen LogP contribution in [0.1, 0.15) is 26.2 Å². The highest BCUT2D eigenvalue weighted by Crippen LogP contribution is 2.29. The van der Waals surface area contributed by atoms with Gasteiger partial charge in [-0.05, 0) is 38.4 Å². The molecule has 1 unspecified atom stereocenters. The van der Waals surface area contributed by atoms with Gasteiger partial charge in [-0.15, -0.1) is 0 Å². The number of aliphatic carboxylic acids is 1. The van der Waals surface area contributed by atoms with Gasteiger partial charge in [0.15, 0.2) is 0 Å². The highest BCUT2D eigenvalue weighted by atomic mass is 16.4. The lowest BCUT2D eigenvalue weighted by molar-refractivity contribution is -0.148. The first-order chi connectivity index (χ1) is 9.52. The van der Waals surface area contributed by atoms with E-state index in [2.05, 4.69) is 5.32 Å². The zero-order valence-electron chi connectivity index (χ0n) is 11.6. The van der Waals surface area contributed by atoms with Crippen LogP contribution in [0.4, 0.5) is 5.69 Å². The number of carboxylic acid groups (broad SMARTS) is 1. The Hall–Kier alpha value is -1.88. The van der Waals surface area contributed by atoms with Crippen LogP contribution >= 0.6 is 0 Å². The average molecular weight is 276 g/mol. The molecule has 5 heteroatoms. The van der Waals surface area contributed by atoms with Crippen molar-refractivity contribution >= 4 is 17.6 Å². The SMILES string of the molecule is CC1(C(=O)O)CCCN1CCC(=O)Nc1ccccc1. The van der Waals surface area contributed by atoms with Crippen molar-refractivity contribution in [2.45, 2.75) is 31.7 Å². The second kappa shape index (κ2) is 6.05. The Morgan fingerprint density at radius 1 is 1.35 bits per heavy atom. The number of carbonyl (C=O) groups is 2. The lowest BCUT2D eigenvalue weighted by Crippen LogP contribution is -2.48. The smallest absolute Gasteiger partial charge is 0.323 e. The van der Waals surface area contributed by atoms with Crippen molar-refractivity contribution in [2.24, 2.45) is 0 Å². The van der Waals surface area contributed by atoms with Crippen molar-refractivity contribution in [1.29, 1.82) is 0 Å². The van der Waals surface area contributed by atoms with Crippen LogP contribution in [-0.2, 0) is 9.59 Å². The Balaban J connectivity index is 1.86. The van der Waals surface area contributed by atoms with E-state index in [1.807, 2.05) is 35.2 Å². The van der Waals surface area contributed by atoms with E-state index < -0.39 is 11.5 Å². The van der Waals surface area contributed by atoms with Crippen LogP contribution in [0, 0.1) is 0 Å². The van der Waals surface area contributed by atoms with Gasteiger partial charge in [-0.1, -0.05) is 18.2 Å². The van der Waals surface area contributed by atoms with Crippen molar-refractivity contribution < 1.29 is 14.7 Å². The van der Waals surface area contributed by atoms with E-state index in [0.29, 0.717) is 19.4 Å². The minimum atomic E-state index is -0.826. The molecule has 108 valence electrons. The number of hydrogen-bond acceptors (Lipinski definition) is 3. The van der Waals surface area contributed by atoms with Crippen LogP contribution < -0.4 is 5.32 Å². The van der Waals surface area contributed by atoms with E-state index in [9.17, 15) is 14.7 Å². The van der Waals surface area contributed by atoms with E-state index in [-0.39, 0.29) is 5.91 Å². The maximum absolute atomic E-state index is 11.9. The number of para-hydroxylation sites is 1. The molecule has 2 N–H and O–H groups in total. The Labute approximate surface area is 118 Å². The first-order valence-electron chi connectivity index (χ1n) is 6.86. The molecule has 1 fully saturated rings. The van der Waals surface area contributed by atoms with Crippen molar-refractivity contribution in [3.63, 3.8) is 0 Å². The first kappa shape index (κ1) is 14.5. The van der Waals surface area contributed by atoms with Crippen LogP contribution in [-0.4, -0.2) is 40.5 Å². The van der Waals surface area contributed by atoms with E-state index in [0.717, 1.165) is 18.7 Å². The number of hydrogen-bond donors (Lipinski definition) is 2. The van der Waals surface area contributed by atoms with Gasteiger partial charge in [-0.3, -0.25) is 14.5 Å². The van der Waals surface area contributed by atoms with Gasteiger partial charge in [0.05, 0.1) is 0 Å². The Bertz CT molecular complexity index is 489. The fraction of sp³-hybridized carbons (Fsp3) is 0.467. The van der Waals surface area contributed by atoms with Gasteiger partial charge in [-0.2, -0.15) is 0 Å². The number of anilines is 1. The van der Waals surface area contributed by atoms with Crippen LogP contribution in [0.25, 0.3) is 0 Å². The van der Waals surface area contributed by atoms with Gasteiger partial charge in [0.2, 0.25) is 5.91 Å². The largest absolute Gasteiger partial charge is 0.480 e. The van der Waals surface area contributed by atoms with E-state index >= 15 is 0 Å². The third-order valence-corrected chi connectivity index (χ3v) is 3.92. The van der Waals surface area contributed by atoms with Gasteiger partial charge >= 0.3 is 5.97 Å². The standard InChI is InChI=1S/C15H20N2O3/c1-15(14(19)20)9-5-10-17(15)11-8-13(18)16-12-6-3-2-4-7-12/h2-4,6-7H,5,8-11H2,1H3,(H,16,18)(H,19,20). The van der Waals surface area contributed by atoms with E-state index in [4.69, 9.17) is 0 Å². The summed E-state index contributed by atoms with van der Waals surface area (Å²) in [6, 6.07) is 9.26. The third kappa shape index (κ3) is 3.17. The van der Waals surface area contributed by atoms with Gasteiger partial charge < -0.3 is 10.4 Å². The molecule has 2 rings (SSSR count). The fourth-order valence-electron chi connectivity index (χ4n) is 2.60. The molecule has 1 amide bonds. The predicted octanol–water partition coefficient (Wildman–Crippen LogP) is 1.95. The molecule has 1 aliphatic heterocycles. The van der Waals surface area contributed by atoms with Crippen molar-refractivity contribution in [3.8, 4) is 0 Å². The number of amides is 1. The predicted molar refractivity (Wildman–Crippen MR) is 76.5 cm³/mol. The number of nitrogens with zero attached hydrogens (tertiary/aromatic N) is 1. The fourth-order valence-corrected chi connectivity index (χ4v) is 2.60. The molecule has 1 atom stereocenters. The Morgan fingerprint density at radius 3 is 2.70 bits per heavy atom. The summed E-state index contributed by atoms with van der Waals surface area (Å²) in [5.41, 5.74) is -0.0625. The molecule has 1 aromatic carbocycles. The lowest BCUT2D eigenvalue weighted by Gasteiger charge is -2.30. The highest BCUT2D eigenvalue weighted by Gasteiger charge is 2.42. The van der Waals surface area contributed by atoms with Gasteiger partial charge in [0.25, 0.3) is 0 Å². The Morgan fingerprint density at radius 2 is 2.05 bits per heavy atom. The molecular formula is C15H20N2O3. The molecule has 5 nitrogen and oxygen atoms in total. The average Bonchev–Trinajstić information content (AvgIpc) is 2.80. The molecule has 1 aliphatic rings. The number of likely N-dealkylation sites (tertiary alicyclic amines) is 1. The molecule has 0 bridgehead atoms. The van der Waals surface area contributed by atoms with Crippen LogP contribution in [0.15, 0.2) is 30.3 Å². The van der Waals surface area contributed by atoms with Crippen molar-refractivity contribution in [2.75, 3.05) is 18.4 Å². The highest BCUT2D eigenvalue weighted by molar-refractivity contribution is 5.90. The van der Waals surface area contributed by atoms with E-state index in [1.165, 1.54) is 0 Å². The summed E-state index contributed by atoms with van der Waals surface area (Å²) in [5.74, 6) is -0.894. The van der Waals surface area contributed by atoms with E-state index in [1.54, 1.807) is 6.92 Å². The molecule has 1 saturated heterocycles.